The Kier molecular flexibility index (Phi) is 24.8. The second-order valence-electron chi connectivity index (χ2n) is 17.2. The molecule has 2 aromatic carbocycles. The number of hydrogen-bond acceptors (Lipinski definition) is 19. The highest BCUT2D eigenvalue weighted by Gasteiger charge is 2.50. The summed E-state index contributed by atoms with van der Waals surface area (Å²) in [5.41, 5.74) is 1.76. The van der Waals surface area contributed by atoms with Gasteiger partial charge in [-0.25, -0.2) is 24.4 Å². The number of nitrogens with zero attached hydrogens (tertiary/aromatic N) is 4. The van der Waals surface area contributed by atoms with Gasteiger partial charge in [-0.3, -0.25) is 33.9 Å². The predicted octanol–water partition coefficient (Wildman–Crippen LogP) is -2.00. The molecule has 28 heteroatoms. The Morgan fingerprint density at radius 1 is 0.622 bits per heavy atom. The molecular weight excluding hydrogens is 974 g/mol. The van der Waals surface area contributed by atoms with Crippen molar-refractivity contribution >= 4 is 61.7 Å². The van der Waals surface area contributed by atoms with Gasteiger partial charge in [-0.2, -0.15) is 0 Å². The lowest BCUT2D eigenvalue weighted by atomic mass is 9.74. The lowest BCUT2D eigenvalue weighted by Crippen LogP contribution is -2.55. The minimum atomic E-state index is -2.27. The fourth-order valence-corrected chi connectivity index (χ4v) is 6.68. The summed E-state index contributed by atoms with van der Waals surface area (Å²) in [6.07, 6.45) is 0.904. The third kappa shape index (κ3) is 20.4. The molecule has 1 aliphatic rings. The van der Waals surface area contributed by atoms with Crippen molar-refractivity contribution in [2.45, 2.75) is 102 Å². The van der Waals surface area contributed by atoms with Crippen LogP contribution in [0.15, 0.2) is 97.8 Å². The number of rotatable bonds is 23. The molecule has 1 saturated heterocycles. The van der Waals surface area contributed by atoms with Gasteiger partial charge in [0.25, 0.3) is 11.8 Å². The van der Waals surface area contributed by atoms with Crippen LogP contribution in [0.1, 0.15) is 72.6 Å². The van der Waals surface area contributed by atoms with Crippen LogP contribution in [0, 0.1) is 11.8 Å². The molecule has 0 bridgehead atoms. The molecule has 4 aromatic rings. The van der Waals surface area contributed by atoms with E-state index in [1.54, 1.807) is 24.3 Å². The molecule has 8 atom stereocenters. The number of benzene rings is 2. The summed E-state index contributed by atoms with van der Waals surface area (Å²) in [5.74, 6) is -9.99. The Morgan fingerprint density at radius 3 is 1.42 bits per heavy atom. The Morgan fingerprint density at radius 2 is 1.05 bits per heavy atom. The van der Waals surface area contributed by atoms with Gasteiger partial charge in [-0.1, -0.05) is 88.4 Å². The smallest absolute Gasteiger partial charge is 0.506 e. The summed E-state index contributed by atoms with van der Waals surface area (Å²) < 4.78 is 10.5. The molecule has 1 aliphatic heterocycles. The average Bonchev–Trinajstić information content (AvgIpc) is 3.76. The van der Waals surface area contributed by atoms with Gasteiger partial charge in [-0.05, 0) is 35.8 Å². The van der Waals surface area contributed by atoms with Gasteiger partial charge in [0.2, 0.25) is 11.8 Å². The van der Waals surface area contributed by atoms with Crippen LogP contribution >= 0.6 is 0 Å². The van der Waals surface area contributed by atoms with Crippen LogP contribution in [0.25, 0.3) is 0 Å². The fourth-order valence-electron chi connectivity index (χ4n) is 6.68. The Labute approximate surface area is 424 Å². The maximum Gasteiger partial charge on any atom is 0.552 e. The molecule has 26 nitrogen and oxygen atoms in total. The highest BCUT2D eigenvalue weighted by Crippen LogP contribution is 2.21. The van der Waals surface area contributed by atoms with E-state index in [0.29, 0.717) is 12.8 Å². The van der Waals surface area contributed by atoms with Crippen molar-refractivity contribution in [3.63, 3.8) is 0 Å². The molecule has 0 saturated carbocycles. The Bertz CT molecular complexity index is 2440. The van der Waals surface area contributed by atoms with Gasteiger partial charge in [0.05, 0.1) is 24.3 Å². The minimum absolute atomic E-state index is 0.0165. The molecule has 3 heterocycles. The third-order valence-electron chi connectivity index (χ3n) is 10.3. The zero-order chi connectivity index (χ0) is 55.1. The van der Waals surface area contributed by atoms with E-state index in [1.807, 2.05) is 64.1 Å². The van der Waals surface area contributed by atoms with Crippen molar-refractivity contribution < 1.29 is 88.4 Å². The van der Waals surface area contributed by atoms with E-state index < -0.39 is 110 Å². The summed E-state index contributed by atoms with van der Waals surface area (Å²) in [4.78, 5) is 110. The van der Waals surface area contributed by atoms with Crippen LogP contribution in [0.3, 0.4) is 0 Å². The number of aliphatic hydroxyl groups excluding tert-OH is 3. The Hall–Kier alpha value is -7.75. The molecule has 0 aliphatic carbocycles. The van der Waals surface area contributed by atoms with Crippen LogP contribution in [-0.4, -0.2) is 171 Å². The predicted molar refractivity (Wildman–Crippen MR) is 257 cm³/mol. The zero-order valence-electron chi connectivity index (χ0n) is 40.4. The second kappa shape index (κ2) is 30.3. The summed E-state index contributed by atoms with van der Waals surface area (Å²) >= 11 is 0. The van der Waals surface area contributed by atoms with Crippen molar-refractivity contribution in [2.24, 2.45) is 11.8 Å². The van der Waals surface area contributed by atoms with Crippen molar-refractivity contribution in [2.75, 3.05) is 0 Å². The van der Waals surface area contributed by atoms with Gasteiger partial charge in [0.1, 0.15) is 23.5 Å². The van der Waals surface area contributed by atoms with E-state index in [2.05, 4.69) is 41.2 Å². The number of carbonyl (C=O) groups is 8. The molecule has 1 fully saturated rings. The monoisotopic (exact) mass is 1030 g/mol. The van der Waals surface area contributed by atoms with Gasteiger partial charge >= 0.3 is 38.1 Å². The lowest BCUT2D eigenvalue weighted by molar-refractivity contribution is -0.165. The van der Waals surface area contributed by atoms with Gasteiger partial charge in [0.15, 0.2) is 24.4 Å². The number of carboxylic acid groups (broad SMARTS) is 3. The molecule has 1 unspecified atom stereocenters. The van der Waals surface area contributed by atoms with E-state index in [9.17, 15) is 53.5 Å². The molecule has 396 valence electrons. The van der Waals surface area contributed by atoms with Crippen LogP contribution in [-0.2, 0) is 50.9 Å². The van der Waals surface area contributed by atoms with Crippen molar-refractivity contribution in [1.29, 1.82) is 0 Å². The number of aliphatic hydroxyl groups is 3. The quantitative estimate of drug-likeness (QED) is 0.0358. The van der Waals surface area contributed by atoms with Crippen molar-refractivity contribution in [3.8, 4) is 0 Å². The zero-order valence-corrected chi connectivity index (χ0v) is 40.4. The van der Waals surface area contributed by atoms with E-state index in [0.717, 1.165) is 11.1 Å². The highest BCUT2D eigenvalue weighted by molar-refractivity contribution is 6.51. The first-order chi connectivity index (χ1) is 35.0. The summed E-state index contributed by atoms with van der Waals surface area (Å²) in [5, 5.41) is 81.2. The largest absolute Gasteiger partial charge is 0.552 e. The molecule has 0 radical (unpaired) electrons. The first kappa shape index (κ1) is 60.6. The van der Waals surface area contributed by atoms with Gasteiger partial charge in [0, 0.05) is 37.6 Å². The first-order valence-corrected chi connectivity index (χ1v) is 22.8. The van der Waals surface area contributed by atoms with Crippen LogP contribution in [0.2, 0.25) is 0 Å². The third-order valence-corrected chi connectivity index (χ3v) is 10.3. The number of aromatic nitrogens is 4. The van der Waals surface area contributed by atoms with Gasteiger partial charge in [-0.15, -0.1) is 0 Å². The van der Waals surface area contributed by atoms with Crippen LogP contribution in [0.5, 0.6) is 0 Å². The van der Waals surface area contributed by atoms with E-state index >= 15 is 0 Å². The lowest BCUT2D eigenvalue weighted by Gasteiger charge is -2.25. The maximum atomic E-state index is 13.4. The topological polar surface area (TPSA) is 417 Å². The number of aliphatic carboxylic acids is 3. The number of carbonyl (C=O) groups excluding carboxylic acids is 5. The second-order valence-corrected chi connectivity index (χ2v) is 17.2. The van der Waals surface area contributed by atoms with E-state index in [-0.39, 0.29) is 36.1 Å². The summed E-state index contributed by atoms with van der Waals surface area (Å²) in [6.45, 7) is 7.57. The van der Waals surface area contributed by atoms with E-state index in [1.165, 1.54) is 37.2 Å². The molecule has 4 amide bonds. The van der Waals surface area contributed by atoms with Crippen LogP contribution in [0.4, 0.5) is 0 Å². The van der Waals surface area contributed by atoms with Crippen molar-refractivity contribution in [1.82, 2.24) is 41.2 Å². The van der Waals surface area contributed by atoms with Gasteiger partial charge < -0.3 is 71.3 Å². The standard InChI is InChI=1S/C23H27BN4O8.C19H25BN4O4.C4H6O6/c1-13(2)10-17(24-35-19(23(34)36-24)18(29)22(32)33)28-20(30)15(11-14-6-4-3-5-7-14)27-21(31)16-12-25-8-9-26-16;1-13(2)10-17(20(27)28)24-18(25)15(11-14-6-4-3-5-7-14)23-19(26)16-12-21-8-9-22-16;5-1(3(7)8)2(6)4(9)10/h3-9,12-13,15,17-19,29H,10-11H2,1-2H3,(H,27,31)(H,28,30)(H,32,33);3-9,12-13,15,17,27-28H,10-11H2,1-2H3,(H,23,26)(H,24,25);1-2,5-6H,(H,7,8)(H,9,10)/t15-,17+,18-,19?;15-,17-;1-,2-/m100/s1. The number of amides is 4. The number of hydrogen-bond donors (Lipinski definition) is 12. The molecule has 12 N–H and O–H groups in total. The maximum absolute atomic E-state index is 13.4. The summed E-state index contributed by atoms with van der Waals surface area (Å²) in [6, 6.07) is 16.3. The highest BCUT2D eigenvalue weighted by atomic mass is 16.7. The molecule has 5 rings (SSSR count). The van der Waals surface area contributed by atoms with Crippen molar-refractivity contribution in [3.05, 3.63) is 120 Å². The SMILES string of the molecule is CC(C)C[C@H](NC(=O)[C@@H](Cc1ccccc1)NC(=O)c1cnccn1)B1OC(=O)C([C@@H](O)C(=O)O)O1.CC(C)C[C@H](NC(=O)[C@H](Cc1ccccc1)NC(=O)c1cnccn1)B(O)O.O=C(O)[C@@H](O)[C@H](O)C(=O)O. The van der Waals surface area contributed by atoms with Crippen LogP contribution < -0.4 is 21.3 Å². The molecule has 74 heavy (non-hydrogen) atoms. The Balaban J connectivity index is 0.000000337. The summed E-state index contributed by atoms with van der Waals surface area (Å²) in [7, 11) is -3.02. The van der Waals surface area contributed by atoms with E-state index in [4.69, 9.17) is 34.8 Å². The molecule has 2 aromatic heterocycles. The molecular formula is C46H58B2N8O18. The average molecular weight is 1030 g/mol. The number of carboxylic acids is 3. The molecule has 0 spiro atoms. The fraction of sp³-hybridized carbons (Fsp3) is 0.391. The number of nitrogens with one attached hydrogen (secondary N) is 4. The first-order valence-electron chi connectivity index (χ1n) is 22.8. The normalized spacial score (nSPS) is 15.6. The minimum Gasteiger partial charge on any atom is -0.506 e.